The number of hydrogen-bond donors (Lipinski definition) is 0. The van der Waals surface area contributed by atoms with Gasteiger partial charge in [-0.2, -0.15) is 4.31 Å². The molecule has 0 radical (unpaired) electrons. The summed E-state index contributed by atoms with van der Waals surface area (Å²) < 4.78 is 31.7. The molecule has 0 aromatic heterocycles. The van der Waals surface area contributed by atoms with E-state index in [4.69, 9.17) is 4.74 Å². The first-order chi connectivity index (χ1) is 8.59. The Kier molecular flexibility index (Phi) is 3.92. The first-order valence-corrected chi connectivity index (χ1v) is 7.79. The van der Waals surface area contributed by atoms with E-state index >= 15 is 0 Å². The third-order valence-corrected chi connectivity index (χ3v) is 5.27. The van der Waals surface area contributed by atoms with Crippen molar-refractivity contribution in [2.45, 2.75) is 31.6 Å². The van der Waals surface area contributed by atoms with Gasteiger partial charge in [0.1, 0.15) is 5.75 Å². The molecule has 1 heterocycles. The fourth-order valence-corrected chi connectivity index (χ4v) is 3.72. The molecule has 5 heteroatoms. The Morgan fingerprint density at radius 1 is 1.28 bits per heavy atom. The average molecular weight is 269 g/mol. The molecule has 0 saturated carbocycles. The predicted octanol–water partition coefficient (Wildman–Crippen LogP) is 2.04. The van der Waals surface area contributed by atoms with Crippen molar-refractivity contribution < 1.29 is 13.2 Å². The third kappa shape index (κ3) is 2.37. The molecule has 0 amide bonds. The summed E-state index contributed by atoms with van der Waals surface area (Å²) in [5.74, 6) is 0.819. The molecule has 0 fully saturated rings. The van der Waals surface area contributed by atoms with Crippen LogP contribution >= 0.6 is 0 Å². The van der Waals surface area contributed by atoms with E-state index in [9.17, 15) is 8.42 Å². The number of benzene rings is 1. The van der Waals surface area contributed by atoms with E-state index in [0.29, 0.717) is 18.0 Å². The summed E-state index contributed by atoms with van der Waals surface area (Å²) in [7, 11) is -3.36. The van der Waals surface area contributed by atoms with Gasteiger partial charge in [-0.1, -0.05) is 13.8 Å². The van der Waals surface area contributed by atoms with Crippen LogP contribution in [0.2, 0.25) is 0 Å². The summed E-state index contributed by atoms with van der Waals surface area (Å²) in [6.07, 6.45) is 1.83. The van der Waals surface area contributed by atoms with E-state index in [1.54, 1.807) is 18.2 Å². The highest BCUT2D eigenvalue weighted by atomic mass is 32.2. The minimum Gasteiger partial charge on any atom is -0.493 e. The van der Waals surface area contributed by atoms with Crippen LogP contribution in [0.25, 0.3) is 0 Å². The molecule has 18 heavy (non-hydrogen) atoms. The Bertz CT molecular complexity index is 521. The van der Waals surface area contributed by atoms with Gasteiger partial charge < -0.3 is 4.74 Å². The summed E-state index contributed by atoms with van der Waals surface area (Å²) in [4.78, 5) is 0.371. The molecule has 0 atom stereocenters. The maximum absolute atomic E-state index is 12.4. The van der Waals surface area contributed by atoms with Gasteiger partial charge in [0.2, 0.25) is 10.0 Å². The molecule has 1 aromatic carbocycles. The Labute approximate surface area is 109 Å². The Hall–Kier alpha value is -1.07. The Balaban J connectivity index is 2.39. The van der Waals surface area contributed by atoms with Crippen LogP contribution in [0.5, 0.6) is 5.75 Å². The van der Waals surface area contributed by atoms with Crippen LogP contribution in [-0.4, -0.2) is 32.4 Å². The second-order valence-electron chi connectivity index (χ2n) is 4.31. The second kappa shape index (κ2) is 5.28. The summed E-state index contributed by atoms with van der Waals surface area (Å²) in [5, 5.41) is 0. The van der Waals surface area contributed by atoms with Gasteiger partial charge in [0.15, 0.2) is 0 Å². The summed E-state index contributed by atoms with van der Waals surface area (Å²) in [5.41, 5.74) is 0.995. The van der Waals surface area contributed by atoms with E-state index in [0.717, 1.165) is 30.8 Å². The van der Waals surface area contributed by atoms with Crippen molar-refractivity contribution in [3.8, 4) is 5.75 Å². The minimum atomic E-state index is -3.36. The van der Waals surface area contributed by atoms with Gasteiger partial charge in [0.25, 0.3) is 0 Å². The molecule has 1 aromatic rings. The standard InChI is InChI=1S/C13H19NO3S/c1-3-14(4-2)18(15,16)12-7-8-13-11(10-12)6-5-9-17-13/h7-8,10H,3-6,9H2,1-2H3. The minimum absolute atomic E-state index is 0.371. The fourth-order valence-electron chi connectivity index (χ4n) is 2.21. The molecule has 0 unspecified atom stereocenters. The SMILES string of the molecule is CCN(CC)S(=O)(=O)c1ccc2c(c1)CCCO2. The monoisotopic (exact) mass is 269 g/mol. The molecule has 0 aliphatic carbocycles. The number of sulfonamides is 1. The van der Waals surface area contributed by atoms with Crippen molar-refractivity contribution in [3.05, 3.63) is 23.8 Å². The molecule has 1 aliphatic rings. The molecule has 100 valence electrons. The molecule has 4 nitrogen and oxygen atoms in total. The van der Waals surface area contributed by atoms with Gasteiger partial charge in [0.05, 0.1) is 11.5 Å². The number of fused-ring (bicyclic) bond motifs is 1. The lowest BCUT2D eigenvalue weighted by molar-refractivity contribution is 0.288. The molecule has 1 aliphatic heterocycles. The molecule has 0 spiro atoms. The quantitative estimate of drug-likeness (QED) is 0.840. The largest absolute Gasteiger partial charge is 0.493 e. The maximum atomic E-state index is 12.4. The van der Waals surface area contributed by atoms with Gasteiger partial charge in [0, 0.05) is 13.1 Å². The van der Waals surface area contributed by atoms with E-state index < -0.39 is 10.0 Å². The molecular formula is C13H19NO3S. The van der Waals surface area contributed by atoms with Crippen molar-refractivity contribution in [2.24, 2.45) is 0 Å². The van der Waals surface area contributed by atoms with Crippen LogP contribution < -0.4 is 4.74 Å². The van der Waals surface area contributed by atoms with E-state index in [1.807, 2.05) is 13.8 Å². The Morgan fingerprint density at radius 2 is 2.00 bits per heavy atom. The van der Waals surface area contributed by atoms with Gasteiger partial charge in [-0.3, -0.25) is 0 Å². The van der Waals surface area contributed by atoms with Gasteiger partial charge in [-0.25, -0.2) is 8.42 Å². The van der Waals surface area contributed by atoms with Crippen molar-refractivity contribution in [1.82, 2.24) is 4.31 Å². The molecule has 0 bridgehead atoms. The van der Waals surface area contributed by atoms with Gasteiger partial charge >= 0.3 is 0 Å². The molecule has 0 saturated heterocycles. The highest BCUT2D eigenvalue weighted by Crippen LogP contribution is 2.28. The number of rotatable bonds is 4. The smallest absolute Gasteiger partial charge is 0.243 e. The fraction of sp³-hybridized carbons (Fsp3) is 0.538. The highest BCUT2D eigenvalue weighted by molar-refractivity contribution is 7.89. The normalized spacial score (nSPS) is 15.3. The third-order valence-electron chi connectivity index (χ3n) is 3.22. The first kappa shape index (κ1) is 13.4. The van der Waals surface area contributed by atoms with Crippen LogP contribution in [0, 0.1) is 0 Å². The summed E-state index contributed by atoms with van der Waals surface area (Å²) >= 11 is 0. The van der Waals surface area contributed by atoms with Crippen molar-refractivity contribution in [1.29, 1.82) is 0 Å². The van der Waals surface area contributed by atoms with E-state index in [2.05, 4.69) is 0 Å². The Morgan fingerprint density at radius 3 is 2.67 bits per heavy atom. The van der Waals surface area contributed by atoms with Crippen LogP contribution in [0.3, 0.4) is 0 Å². The zero-order chi connectivity index (χ0) is 13.2. The van der Waals surface area contributed by atoms with Crippen molar-refractivity contribution in [2.75, 3.05) is 19.7 Å². The van der Waals surface area contributed by atoms with Crippen molar-refractivity contribution >= 4 is 10.0 Å². The zero-order valence-corrected chi connectivity index (χ0v) is 11.7. The highest BCUT2D eigenvalue weighted by Gasteiger charge is 2.23. The topological polar surface area (TPSA) is 46.6 Å². The number of nitrogens with zero attached hydrogens (tertiary/aromatic N) is 1. The zero-order valence-electron chi connectivity index (χ0n) is 10.8. The lowest BCUT2D eigenvalue weighted by Crippen LogP contribution is -2.30. The lowest BCUT2D eigenvalue weighted by Gasteiger charge is -2.21. The second-order valence-corrected chi connectivity index (χ2v) is 6.25. The molecular weight excluding hydrogens is 250 g/mol. The van der Waals surface area contributed by atoms with Crippen LogP contribution in [0.4, 0.5) is 0 Å². The van der Waals surface area contributed by atoms with Gasteiger partial charge in [-0.15, -0.1) is 0 Å². The number of hydrogen-bond acceptors (Lipinski definition) is 3. The average Bonchev–Trinajstić information content (AvgIpc) is 2.39. The predicted molar refractivity (Wildman–Crippen MR) is 70.4 cm³/mol. The van der Waals surface area contributed by atoms with Crippen LogP contribution in [-0.2, 0) is 16.4 Å². The van der Waals surface area contributed by atoms with Gasteiger partial charge in [-0.05, 0) is 36.6 Å². The van der Waals surface area contributed by atoms with E-state index in [-0.39, 0.29) is 0 Å². The van der Waals surface area contributed by atoms with E-state index in [1.165, 1.54) is 4.31 Å². The van der Waals surface area contributed by atoms with Crippen molar-refractivity contribution in [3.63, 3.8) is 0 Å². The molecule has 2 rings (SSSR count). The maximum Gasteiger partial charge on any atom is 0.243 e. The number of aryl methyl sites for hydroxylation is 1. The molecule has 0 N–H and O–H groups in total. The lowest BCUT2D eigenvalue weighted by atomic mass is 10.1. The van der Waals surface area contributed by atoms with Crippen LogP contribution in [0.1, 0.15) is 25.8 Å². The van der Waals surface area contributed by atoms with Crippen LogP contribution in [0.15, 0.2) is 23.1 Å². The summed E-state index contributed by atoms with van der Waals surface area (Å²) in [6.45, 7) is 5.40. The summed E-state index contributed by atoms with van der Waals surface area (Å²) in [6, 6.07) is 5.16. The number of ether oxygens (including phenoxy) is 1. The first-order valence-electron chi connectivity index (χ1n) is 6.35.